The summed E-state index contributed by atoms with van der Waals surface area (Å²) in [6.07, 6.45) is 5.74. The highest BCUT2D eigenvalue weighted by Gasteiger charge is 2.20. The maximum absolute atomic E-state index is 13.9. The summed E-state index contributed by atoms with van der Waals surface area (Å²) in [6.45, 7) is 9.64. The van der Waals surface area contributed by atoms with Gasteiger partial charge in [0.1, 0.15) is 5.82 Å². The third kappa shape index (κ3) is 9.89. The van der Waals surface area contributed by atoms with E-state index in [9.17, 15) is 4.39 Å². The van der Waals surface area contributed by atoms with Gasteiger partial charge in [0.2, 0.25) is 0 Å². The Kier molecular flexibility index (Phi) is 13.5. The van der Waals surface area contributed by atoms with E-state index >= 15 is 0 Å². The van der Waals surface area contributed by atoms with Crippen molar-refractivity contribution >= 4 is 29.9 Å². The highest BCUT2D eigenvalue weighted by atomic mass is 127. The van der Waals surface area contributed by atoms with Gasteiger partial charge in [0.15, 0.2) is 5.96 Å². The Labute approximate surface area is 209 Å². The van der Waals surface area contributed by atoms with Crippen LogP contribution in [0.1, 0.15) is 44.6 Å². The van der Waals surface area contributed by atoms with Crippen molar-refractivity contribution in [3.05, 3.63) is 35.6 Å². The zero-order valence-electron chi connectivity index (χ0n) is 19.4. The van der Waals surface area contributed by atoms with Crippen LogP contribution in [0.5, 0.6) is 0 Å². The number of ether oxygens (including phenoxy) is 2. The van der Waals surface area contributed by atoms with Crippen LogP contribution in [0.2, 0.25) is 0 Å². The molecule has 6 nitrogen and oxygen atoms in total. The van der Waals surface area contributed by atoms with Gasteiger partial charge in [-0.3, -0.25) is 9.89 Å². The van der Waals surface area contributed by atoms with Gasteiger partial charge in [-0.1, -0.05) is 18.2 Å². The van der Waals surface area contributed by atoms with Crippen LogP contribution < -0.4 is 10.6 Å². The lowest BCUT2D eigenvalue weighted by molar-refractivity contribution is 0.0168. The van der Waals surface area contributed by atoms with Crippen LogP contribution in [-0.4, -0.2) is 69.5 Å². The molecule has 0 saturated carbocycles. The minimum absolute atomic E-state index is 0. The molecule has 0 amide bonds. The zero-order valence-corrected chi connectivity index (χ0v) is 21.7. The molecular weight excluding hydrogens is 522 g/mol. The lowest BCUT2D eigenvalue weighted by Gasteiger charge is -2.31. The number of halogens is 2. The molecule has 0 spiro atoms. The van der Waals surface area contributed by atoms with Crippen molar-refractivity contribution in [2.45, 2.75) is 51.7 Å². The van der Waals surface area contributed by atoms with Crippen molar-refractivity contribution < 1.29 is 13.9 Å². The second-order valence-corrected chi connectivity index (χ2v) is 8.52. The molecule has 1 atom stereocenters. The first-order valence-corrected chi connectivity index (χ1v) is 11.9. The van der Waals surface area contributed by atoms with E-state index in [1.54, 1.807) is 12.1 Å². The van der Waals surface area contributed by atoms with Gasteiger partial charge in [0.25, 0.3) is 0 Å². The monoisotopic (exact) mass is 562 g/mol. The summed E-state index contributed by atoms with van der Waals surface area (Å²) in [5.74, 6) is 1.37. The molecule has 3 rings (SSSR count). The number of nitrogens with zero attached hydrogens (tertiary/aromatic N) is 2. The molecule has 0 aromatic heterocycles. The molecule has 0 bridgehead atoms. The fourth-order valence-electron chi connectivity index (χ4n) is 4.13. The van der Waals surface area contributed by atoms with Crippen molar-refractivity contribution in [1.82, 2.24) is 15.5 Å². The number of hydrogen-bond donors (Lipinski definition) is 2. The quantitative estimate of drug-likeness (QED) is 0.186. The third-order valence-electron chi connectivity index (χ3n) is 6.00. The van der Waals surface area contributed by atoms with E-state index in [0.717, 1.165) is 89.6 Å². The van der Waals surface area contributed by atoms with Gasteiger partial charge in [0, 0.05) is 45.0 Å². The van der Waals surface area contributed by atoms with E-state index in [4.69, 9.17) is 14.5 Å². The first kappa shape index (κ1) is 27.3. The van der Waals surface area contributed by atoms with E-state index in [1.807, 2.05) is 12.1 Å². The standard InChI is InChI=1S/C24H39FN4O2.HI/c1-2-26-24(27-12-6-15-30-19-22-8-5-16-31-22)28-17-20-10-13-29(14-11-20)18-21-7-3-4-9-23(21)25;/h3-4,7,9,20,22H,2,5-6,8,10-19H2,1H3,(H2,26,27,28);1H. The summed E-state index contributed by atoms with van der Waals surface area (Å²) in [5.41, 5.74) is 0.789. The first-order valence-electron chi connectivity index (χ1n) is 11.9. The SMILES string of the molecule is CCNC(=NCC1CCN(Cc2ccccc2F)CC1)NCCCOCC1CCCO1.I. The van der Waals surface area contributed by atoms with Gasteiger partial charge in [-0.15, -0.1) is 24.0 Å². The van der Waals surface area contributed by atoms with Crippen LogP contribution >= 0.6 is 24.0 Å². The molecule has 182 valence electrons. The summed E-state index contributed by atoms with van der Waals surface area (Å²) in [4.78, 5) is 7.14. The van der Waals surface area contributed by atoms with Crippen LogP contribution in [0.3, 0.4) is 0 Å². The topological polar surface area (TPSA) is 58.1 Å². The average Bonchev–Trinajstić information content (AvgIpc) is 3.30. The molecule has 8 heteroatoms. The molecule has 2 heterocycles. The second kappa shape index (κ2) is 15.8. The maximum atomic E-state index is 13.9. The highest BCUT2D eigenvalue weighted by molar-refractivity contribution is 14.0. The summed E-state index contributed by atoms with van der Waals surface area (Å²) in [6, 6.07) is 7.08. The Morgan fingerprint density at radius 3 is 2.75 bits per heavy atom. The Morgan fingerprint density at radius 2 is 2.03 bits per heavy atom. The molecule has 0 aliphatic carbocycles. The van der Waals surface area contributed by atoms with Crippen LogP contribution in [0.25, 0.3) is 0 Å². The summed E-state index contributed by atoms with van der Waals surface area (Å²) in [7, 11) is 0. The molecule has 2 fully saturated rings. The van der Waals surface area contributed by atoms with Crippen molar-refractivity contribution in [2.75, 3.05) is 52.5 Å². The lowest BCUT2D eigenvalue weighted by atomic mass is 9.96. The lowest BCUT2D eigenvalue weighted by Crippen LogP contribution is -2.39. The molecule has 0 radical (unpaired) electrons. The largest absolute Gasteiger partial charge is 0.379 e. The van der Waals surface area contributed by atoms with Gasteiger partial charge < -0.3 is 20.1 Å². The fourth-order valence-corrected chi connectivity index (χ4v) is 4.13. The van der Waals surface area contributed by atoms with Crippen LogP contribution in [0, 0.1) is 11.7 Å². The highest BCUT2D eigenvalue weighted by Crippen LogP contribution is 2.20. The van der Waals surface area contributed by atoms with Crippen LogP contribution in [0.4, 0.5) is 4.39 Å². The predicted molar refractivity (Wildman–Crippen MR) is 138 cm³/mol. The second-order valence-electron chi connectivity index (χ2n) is 8.52. The number of benzene rings is 1. The summed E-state index contributed by atoms with van der Waals surface area (Å²) in [5, 5.41) is 6.74. The molecular formula is C24H40FIN4O2. The normalized spacial score (nSPS) is 20.2. The van der Waals surface area contributed by atoms with E-state index in [2.05, 4.69) is 22.5 Å². The number of likely N-dealkylation sites (tertiary alicyclic amines) is 1. The number of rotatable bonds is 11. The average molecular weight is 563 g/mol. The molecule has 1 unspecified atom stereocenters. The molecule has 1 aromatic carbocycles. The molecule has 2 aliphatic rings. The Bertz CT molecular complexity index is 665. The minimum Gasteiger partial charge on any atom is -0.379 e. The van der Waals surface area contributed by atoms with Crippen molar-refractivity contribution in [2.24, 2.45) is 10.9 Å². The molecule has 32 heavy (non-hydrogen) atoms. The van der Waals surface area contributed by atoms with E-state index in [1.165, 1.54) is 0 Å². The number of nitrogens with one attached hydrogen (secondary N) is 2. The van der Waals surface area contributed by atoms with Gasteiger partial charge >= 0.3 is 0 Å². The third-order valence-corrected chi connectivity index (χ3v) is 6.00. The predicted octanol–water partition coefficient (Wildman–Crippen LogP) is 3.80. The molecule has 2 N–H and O–H groups in total. The smallest absolute Gasteiger partial charge is 0.191 e. The molecule has 1 aromatic rings. The van der Waals surface area contributed by atoms with Gasteiger partial charge in [-0.2, -0.15) is 0 Å². The Hall–Kier alpha value is -0.970. The zero-order chi connectivity index (χ0) is 21.7. The van der Waals surface area contributed by atoms with Gasteiger partial charge in [-0.05, 0) is 64.1 Å². The Balaban J connectivity index is 0.00000363. The summed E-state index contributed by atoms with van der Waals surface area (Å²) >= 11 is 0. The minimum atomic E-state index is -0.104. The van der Waals surface area contributed by atoms with Gasteiger partial charge in [0.05, 0.1) is 12.7 Å². The van der Waals surface area contributed by atoms with E-state index in [0.29, 0.717) is 25.2 Å². The maximum Gasteiger partial charge on any atom is 0.191 e. The van der Waals surface area contributed by atoms with Gasteiger partial charge in [-0.25, -0.2) is 4.39 Å². The van der Waals surface area contributed by atoms with Crippen LogP contribution in [0.15, 0.2) is 29.3 Å². The van der Waals surface area contributed by atoms with Crippen molar-refractivity contribution in [3.63, 3.8) is 0 Å². The molecule has 2 aliphatic heterocycles. The van der Waals surface area contributed by atoms with Crippen molar-refractivity contribution in [1.29, 1.82) is 0 Å². The summed E-state index contributed by atoms with van der Waals surface area (Å²) < 4.78 is 25.2. The van der Waals surface area contributed by atoms with Crippen molar-refractivity contribution in [3.8, 4) is 0 Å². The number of piperidine rings is 1. The van der Waals surface area contributed by atoms with E-state index < -0.39 is 0 Å². The number of aliphatic imine (C=N–C) groups is 1. The first-order chi connectivity index (χ1) is 15.2. The fraction of sp³-hybridized carbons (Fsp3) is 0.708. The number of guanidine groups is 1. The van der Waals surface area contributed by atoms with E-state index in [-0.39, 0.29) is 29.8 Å². The Morgan fingerprint density at radius 1 is 1.22 bits per heavy atom. The van der Waals surface area contributed by atoms with Crippen LogP contribution in [-0.2, 0) is 16.0 Å². The number of hydrogen-bond acceptors (Lipinski definition) is 4. The molecule has 2 saturated heterocycles.